The van der Waals surface area contributed by atoms with Gasteiger partial charge in [-0.25, -0.2) is 4.79 Å². The number of carbonyl (C=O) groups is 2. The van der Waals surface area contributed by atoms with E-state index < -0.39 is 11.9 Å². The molecule has 0 aliphatic heterocycles. The van der Waals surface area contributed by atoms with Crippen molar-refractivity contribution in [2.24, 2.45) is 0 Å². The molecule has 1 aliphatic carbocycles. The number of ether oxygens (including phenoxy) is 2. The molecule has 1 aromatic carbocycles. The second-order valence-electron chi connectivity index (χ2n) is 5.73. The number of allylic oxidation sites excluding steroid dienone is 3. The third-order valence-electron chi connectivity index (χ3n) is 3.79. The maximum Gasteiger partial charge on any atom is 0.337 e. The van der Waals surface area contributed by atoms with Crippen LogP contribution in [-0.2, 0) is 14.3 Å². The van der Waals surface area contributed by atoms with E-state index >= 15 is 0 Å². The molecular formula is C20H23NO5. The van der Waals surface area contributed by atoms with Gasteiger partial charge in [0, 0.05) is 19.8 Å². The van der Waals surface area contributed by atoms with E-state index in [1.54, 1.807) is 31.4 Å². The molecular weight excluding hydrogens is 334 g/mol. The molecule has 0 saturated heterocycles. The highest BCUT2D eigenvalue weighted by molar-refractivity contribution is 6.04. The van der Waals surface area contributed by atoms with Gasteiger partial charge < -0.3 is 19.9 Å². The van der Waals surface area contributed by atoms with E-state index in [4.69, 9.17) is 14.6 Å². The fourth-order valence-electron chi connectivity index (χ4n) is 2.50. The molecule has 0 fully saturated rings. The molecule has 1 aliphatic rings. The van der Waals surface area contributed by atoms with Gasteiger partial charge in [0.25, 0.3) is 0 Å². The van der Waals surface area contributed by atoms with Gasteiger partial charge in [-0.3, -0.25) is 4.79 Å². The number of amides is 1. The average Bonchev–Trinajstić information content (AvgIpc) is 2.65. The average molecular weight is 357 g/mol. The lowest BCUT2D eigenvalue weighted by Crippen LogP contribution is -2.29. The van der Waals surface area contributed by atoms with Crippen molar-refractivity contribution >= 4 is 17.6 Å². The lowest BCUT2D eigenvalue weighted by atomic mass is 10.0. The van der Waals surface area contributed by atoms with Crippen LogP contribution in [0, 0.1) is 0 Å². The first kappa shape index (κ1) is 19.6. The first-order chi connectivity index (χ1) is 12.5. The standard InChI is InChI=1S/C20H23NO5/c1-3-12-26-17-10-8-14(13-18(17)25-2)9-11-19(22)21-16-7-5-4-6-15(16)20(23)24/h4-11,13,17-18H,3,12H2,1-2H3,(H,21,22)(H,23,24)/b11-9+. The van der Waals surface area contributed by atoms with Crippen molar-refractivity contribution in [2.45, 2.75) is 25.6 Å². The van der Waals surface area contributed by atoms with Crippen LogP contribution in [0.2, 0.25) is 0 Å². The second-order valence-corrected chi connectivity index (χ2v) is 5.73. The molecule has 1 amide bonds. The van der Waals surface area contributed by atoms with Crippen LogP contribution in [0.5, 0.6) is 0 Å². The summed E-state index contributed by atoms with van der Waals surface area (Å²) >= 11 is 0. The molecule has 6 heteroatoms. The summed E-state index contributed by atoms with van der Waals surface area (Å²) in [4.78, 5) is 23.3. The summed E-state index contributed by atoms with van der Waals surface area (Å²) in [6.07, 6.45) is 9.22. The Balaban J connectivity index is 2.01. The highest BCUT2D eigenvalue weighted by Crippen LogP contribution is 2.18. The van der Waals surface area contributed by atoms with Crippen LogP contribution in [0.25, 0.3) is 0 Å². The highest BCUT2D eigenvalue weighted by atomic mass is 16.5. The second kappa shape index (κ2) is 9.70. The number of aromatic carboxylic acids is 1. The third-order valence-corrected chi connectivity index (χ3v) is 3.79. The largest absolute Gasteiger partial charge is 0.478 e. The summed E-state index contributed by atoms with van der Waals surface area (Å²) in [6.45, 7) is 2.69. The molecule has 0 heterocycles. The summed E-state index contributed by atoms with van der Waals surface area (Å²) in [5.74, 6) is -1.50. The molecule has 2 rings (SSSR count). The molecule has 6 nitrogen and oxygen atoms in total. The molecule has 2 N–H and O–H groups in total. The number of para-hydroxylation sites is 1. The summed E-state index contributed by atoms with van der Waals surface area (Å²) < 4.78 is 11.1. The number of methoxy groups -OCH3 is 1. The maximum atomic E-state index is 12.1. The van der Waals surface area contributed by atoms with Crippen molar-refractivity contribution in [3.63, 3.8) is 0 Å². The van der Waals surface area contributed by atoms with Gasteiger partial charge >= 0.3 is 5.97 Å². The lowest BCUT2D eigenvalue weighted by Gasteiger charge is -2.24. The smallest absolute Gasteiger partial charge is 0.337 e. The predicted octanol–water partition coefficient (Wildman–Crippen LogP) is 3.19. The summed E-state index contributed by atoms with van der Waals surface area (Å²) in [6, 6.07) is 6.26. The Kier molecular flexibility index (Phi) is 7.32. The Morgan fingerprint density at radius 1 is 1.27 bits per heavy atom. The maximum absolute atomic E-state index is 12.1. The SMILES string of the molecule is CCCOC1C=CC(/C=C/C(=O)Nc2ccccc2C(=O)O)=CC1OC. The van der Waals surface area contributed by atoms with Gasteiger partial charge in [0.05, 0.1) is 11.3 Å². The predicted molar refractivity (Wildman–Crippen MR) is 99.2 cm³/mol. The van der Waals surface area contributed by atoms with E-state index in [9.17, 15) is 9.59 Å². The van der Waals surface area contributed by atoms with Crippen molar-refractivity contribution < 1.29 is 24.2 Å². The van der Waals surface area contributed by atoms with Crippen molar-refractivity contribution in [1.29, 1.82) is 0 Å². The fraction of sp³-hybridized carbons (Fsp3) is 0.300. The zero-order chi connectivity index (χ0) is 18.9. The number of benzene rings is 1. The summed E-state index contributed by atoms with van der Waals surface area (Å²) in [5, 5.41) is 11.7. The number of nitrogens with one attached hydrogen (secondary N) is 1. The summed E-state index contributed by atoms with van der Waals surface area (Å²) in [5.41, 5.74) is 1.11. The molecule has 26 heavy (non-hydrogen) atoms. The van der Waals surface area contributed by atoms with Crippen molar-refractivity contribution in [3.05, 3.63) is 65.8 Å². The minimum Gasteiger partial charge on any atom is -0.478 e. The van der Waals surface area contributed by atoms with Crippen LogP contribution in [0.15, 0.2) is 60.2 Å². The number of carboxylic acid groups (broad SMARTS) is 1. The normalized spacial score (nSPS) is 19.4. The Labute approximate surface area is 152 Å². The van der Waals surface area contributed by atoms with Gasteiger partial charge in [0.15, 0.2) is 0 Å². The topological polar surface area (TPSA) is 84.9 Å². The van der Waals surface area contributed by atoms with Crippen molar-refractivity contribution in [2.75, 3.05) is 19.0 Å². The lowest BCUT2D eigenvalue weighted by molar-refractivity contribution is -0.111. The van der Waals surface area contributed by atoms with Crippen LogP contribution < -0.4 is 5.32 Å². The van der Waals surface area contributed by atoms with Crippen LogP contribution >= 0.6 is 0 Å². The fourth-order valence-corrected chi connectivity index (χ4v) is 2.50. The molecule has 0 aromatic heterocycles. The van der Waals surface area contributed by atoms with Crippen LogP contribution in [-0.4, -0.2) is 42.9 Å². The van der Waals surface area contributed by atoms with Gasteiger partial charge in [-0.1, -0.05) is 31.2 Å². The monoisotopic (exact) mass is 357 g/mol. The molecule has 2 unspecified atom stereocenters. The molecule has 138 valence electrons. The Morgan fingerprint density at radius 2 is 2.04 bits per heavy atom. The number of hydrogen-bond acceptors (Lipinski definition) is 4. The van der Waals surface area contributed by atoms with Gasteiger partial charge in [-0.05, 0) is 36.3 Å². The van der Waals surface area contributed by atoms with Gasteiger partial charge in [-0.2, -0.15) is 0 Å². The van der Waals surface area contributed by atoms with Gasteiger partial charge in [0.2, 0.25) is 5.91 Å². The number of anilines is 1. The molecule has 2 atom stereocenters. The van der Waals surface area contributed by atoms with Crippen LogP contribution in [0.1, 0.15) is 23.7 Å². The molecule has 0 radical (unpaired) electrons. The minimum absolute atomic E-state index is 0.0430. The van der Waals surface area contributed by atoms with Crippen LogP contribution in [0.3, 0.4) is 0 Å². The zero-order valence-electron chi connectivity index (χ0n) is 14.8. The Hall–Kier alpha value is -2.70. The number of rotatable bonds is 8. The molecule has 0 spiro atoms. The first-order valence-corrected chi connectivity index (χ1v) is 8.41. The molecule has 0 saturated carbocycles. The van der Waals surface area contributed by atoms with E-state index in [1.807, 2.05) is 25.2 Å². The van der Waals surface area contributed by atoms with E-state index in [0.717, 1.165) is 12.0 Å². The number of carboxylic acids is 1. The number of carbonyl (C=O) groups excluding carboxylic acids is 1. The van der Waals surface area contributed by atoms with E-state index in [-0.39, 0.29) is 23.5 Å². The number of hydrogen-bond donors (Lipinski definition) is 2. The highest BCUT2D eigenvalue weighted by Gasteiger charge is 2.20. The molecule has 0 bridgehead atoms. The van der Waals surface area contributed by atoms with E-state index in [2.05, 4.69) is 5.32 Å². The minimum atomic E-state index is -1.09. The van der Waals surface area contributed by atoms with Crippen LogP contribution in [0.4, 0.5) is 5.69 Å². The first-order valence-electron chi connectivity index (χ1n) is 8.41. The zero-order valence-corrected chi connectivity index (χ0v) is 14.8. The van der Waals surface area contributed by atoms with E-state index in [0.29, 0.717) is 6.61 Å². The Bertz CT molecular complexity index is 735. The van der Waals surface area contributed by atoms with Gasteiger partial charge in [0.1, 0.15) is 12.2 Å². The van der Waals surface area contributed by atoms with E-state index in [1.165, 1.54) is 12.1 Å². The van der Waals surface area contributed by atoms with Crippen molar-refractivity contribution in [1.82, 2.24) is 0 Å². The Morgan fingerprint density at radius 3 is 2.73 bits per heavy atom. The van der Waals surface area contributed by atoms with Gasteiger partial charge in [-0.15, -0.1) is 0 Å². The third kappa shape index (κ3) is 5.40. The molecule has 1 aromatic rings. The summed E-state index contributed by atoms with van der Waals surface area (Å²) in [7, 11) is 1.61. The quantitative estimate of drug-likeness (QED) is 0.698. The van der Waals surface area contributed by atoms with Crippen molar-refractivity contribution in [3.8, 4) is 0 Å².